The Hall–Kier alpha value is -0.820. The third-order valence-electron chi connectivity index (χ3n) is 3.61. The Bertz CT molecular complexity index is 588. The quantitative estimate of drug-likeness (QED) is 0.872. The molecule has 1 aliphatic rings. The van der Waals surface area contributed by atoms with Gasteiger partial charge in [-0.2, -0.15) is 11.8 Å². The molecule has 1 atom stereocenters. The number of methoxy groups -OCH3 is 1. The highest BCUT2D eigenvalue weighted by Gasteiger charge is 2.35. The number of hydrogen-bond acceptors (Lipinski definition) is 4. The van der Waals surface area contributed by atoms with Crippen LogP contribution in [0.1, 0.15) is 17.5 Å². The predicted molar refractivity (Wildman–Crippen MR) is 88.8 cm³/mol. The lowest BCUT2D eigenvalue weighted by atomic mass is 10.0. The van der Waals surface area contributed by atoms with E-state index in [9.17, 15) is 8.42 Å². The fourth-order valence-corrected chi connectivity index (χ4v) is 4.38. The normalized spacial score (nSPS) is 23.0. The minimum absolute atomic E-state index is 0.317. The molecular weight excluding hydrogens is 306 g/mol. The van der Waals surface area contributed by atoms with Gasteiger partial charge < -0.3 is 4.74 Å². The lowest BCUT2D eigenvalue weighted by molar-refractivity contribution is 0.0179. The van der Waals surface area contributed by atoms with Gasteiger partial charge in [0.05, 0.1) is 5.60 Å². The van der Waals surface area contributed by atoms with Crippen molar-refractivity contribution in [2.45, 2.75) is 18.9 Å². The summed E-state index contributed by atoms with van der Waals surface area (Å²) in [5.74, 6) is 1.84. The maximum atomic E-state index is 12.0. The van der Waals surface area contributed by atoms with Gasteiger partial charge in [0.1, 0.15) is 0 Å². The van der Waals surface area contributed by atoms with Gasteiger partial charge >= 0.3 is 0 Å². The van der Waals surface area contributed by atoms with E-state index in [0.717, 1.165) is 29.1 Å². The van der Waals surface area contributed by atoms with E-state index < -0.39 is 10.0 Å². The van der Waals surface area contributed by atoms with Crippen LogP contribution in [0.2, 0.25) is 0 Å². The van der Waals surface area contributed by atoms with Crippen LogP contribution in [0.4, 0.5) is 0 Å². The maximum absolute atomic E-state index is 12.0. The van der Waals surface area contributed by atoms with Crippen molar-refractivity contribution in [3.63, 3.8) is 0 Å². The molecule has 1 aromatic carbocycles. The molecule has 1 aromatic rings. The van der Waals surface area contributed by atoms with Crippen molar-refractivity contribution in [3.05, 3.63) is 40.8 Å². The van der Waals surface area contributed by atoms with Crippen LogP contribution in [0.5, 0.6) is 0 Å². The van der Waals surface area contributed by atoms with Gasteiger partial charge in [-0.3, -0.25) is 0 Å². The molecule has 0 aliphatic carbocycles. The predicted octanol–water partition coefficient (Wildman–Crippen LogP) is 2.41. The van der Waals surface area contributed by atoms with Gasteiger partial charge in [-0.1, -0.05) is 29.8 Å². The largest absolute Gasteiger partial charge is 0.376 e. The van der Waals surface area contributed by atoms with Crippen LogP contribution in [0, 0.1) is 6.92 Å². The molecule has 0 amide bonds. The number of thioether (sulfide) groups is 1. The minimum atomic E-state index is -3.45. The van der Waals surface area contributed by atoms with E-state index in [2.05, 4.69) is 4.72 Å². The summed E-state index contributed by atoms with van der Waals surface area (Å²) in [7, 11) is -1.80. The van der Waals surface area contributed by atoms with Gasteiger partial charge in [-0.25, -0.2) is 13.1 Å². The van der Waals surface area contributed by atoms with E-state index in [1.165, 1.54) is 5.41 Å². The van der Waals surface area contributed by atoms with Gasteiger partial charge in [0.2, 0.25) is 10.0 Å². The van der Waals surface area contributed by atoms with Crippen molar-refractivity contribution in [1.82, 2.24) is 4.72 Å². The van der Waals surface area contributed by atoms with Crippen LogP contribution in [-0.4, -0.2) is 39.2 Å². The molecule has 2 rings (SSSR count). The second-order valence-electron chi connectivity index (χ2n) is 5.27. The summed E-state index contributed by atoms with van der Waals surface area (Å²) in [6.45, 7) is 2.31. The van der Waals surface area contributed by atoms with Gasteiger partial charge in [-0.15, -0.1) is 0 Å². The second kappa shape index (κ2) is 6.96. The standard InChI is InChI=1S/C15H21NO3S2/c1-13-3-5-14(6-4-13)7-10-21(17,18)16-11-15(19-2)8-9-20-12-15/h3-7,10,16H,8-9,11-12H2,1-2H3. The monoisotopic (exact) mass is 327 g/mol. The first-order chi connectivity index (χ1) is 9.95. The van der Waals surface area contributed by atoms with E-state index in [4.69, 9.17) is 4.74 Å². The summed E-state index contributed by atoms with van der Waals surface area (Å²) in [5.41, 5.74) is 1.65. The first kappa shape index (κ1) is 16.5. The molecule has 0 spiro atoms. The summed E-state index contributed by atoms with van der Waals surface area (Å²) >= 11 is 1.79. The molecule has 21 heavy (non-hydrogen) atoms. The van der Waals surface area contributed by atoms with Crippen molar-refractivity contribution < 1.29 is 13.2 Å². The minimum Gasteiger partial charge on any atom is -0.376 e. The Kier molecular flexibility index (Phi) is 5.48. The van der Waals surface area contributed by atoms with Crippen molar-refractivity contribution in [2.75, 3.05) is 25.2 Å². The lowest BCUT2D eigenvalue weighted by Crippen LogP contribution is -2.44. The average Bonchev–Trinajstić information content (AvgIpc) is 2.94. The van der Waals surface area contributed by atoms with Crippen molar-refractivity contribution >= 4 is 27.9 Å². The summed E-state index contributed by atoms with van der Waals surface area (Å²) in [4.78, 5) is 0. The number of ether oxygens (including phenoxy) is 1. The van der Waals surface area contributed by atoms with E-state index in [-0.39, 0.29) is 5.60 Å². The Morgan fingerprint density at radius 2 is 2.10 bits per heavy atom. The van der Waals surface area contributed by atoms with Gasteiger partial charge in [-0.05, 0) is 30.7 Å². The summed E-state index contributed by atoms with van der Waals surface area (Å²) < 4.78 is 32.2. The molecule has 1 saturated heterocycles. The topological polar surface area (TPSA) is 55.4 Å². The number of sulfonamides is 1. The maximum Gasteiger partial charge on any atom is 0.233 e. The van der Waals surface area contributed by atoms with Crippen molar-refractivity contribution in [1.29, 1.82) is 0 Å². The zero-order valence-electron chi connectivity index (χ0n) is 12.3. The molecule has 6 heteroatoms. The third-order valence-corrected chi connectivity index (χ3v) is 5.88. The SMILES string of the molecule is COC1(CNS(=O)(=O)C=Cc2ccc(C)cc2)CCSC1. The number of aryl methyl sites for hydroxylation is 1. The molecule has 0 aromatic heterocycles. The molecule has 1 heterocycles. The number of rotatable bonds is 6. The van der Waals surface area contributed by atoms with Crippen LogP contribution in [-0.2, 0) is 14.8 Å². The second-order valence-corrected chi connectivity index (χ2v) is 8.03. The van der Waals surface area contributed by atoms with Gasteiger partial charge in [0.15, 0.2) is 0 Å². The zero-order valence-corrected chi connectivity index (χ0v) is 14.0. The van der Waals surface area contributed by atoms with Gasteiger partial charge in [0.25, 0.3) is 0 Å². The Morgan fingerprint density at radius 1 is 1.38 bits per heavy atom. The van der Waals surface area contributed by atoms with Crippen molar-refractivity contribution in [3.8, 4) is 0 Å². The smallest absolute Gasteiger partial charge is 0.233 e. The summed E-state index contributed by atoms with van der Waals surface area (Å²) in [6.07, 6.45) is 2.48. The van der Waals surface area contributed by atoms with Gasteiger partial charge in [0, 0.05) is 24.8 Å². The number of nitrogens with one attached hydrogen (secondary N) is 1. The Balaban J connectivity index is 1.97. The van der Waals surface area contributed by atoms with E-state index in [1.54, 1.807) is 24.9 Å². The highest BCUT2D eigenvalue weighted by molar-refractivity contribution is 7.99. The molecule has 0 saturated carbocycles. The van der Waals surface area contributed by atoms with Crippen LogP contribution in [0.25, 0.3) is 6.08 Å². The molecule has 1 N–H and O–H groups in total. The summed E-state index contributed by atoms with van der Waals surface area (Å²) in [5, 5.41) is 1.21. The molecule has 0 bridgehead atoms. The lowest BCUT2D eigenvalue weighted by Gasteiger charge is -2.26. The molecule has 1 fully saturated rings. The fraction of sp³-hybridized carbons (Fsp3) is 0.467. The van der Waals surface area contributed by atoms with Crippen LogP contribution < -0.4 is 4.72 Å². The first-order valence-corrected chi connectivity index (χ1v) is 9.52. The Morgan fingerprint density at radius 3 is 2.67 bits per heavy atom. The van der Waals surface area contributed by atoms with Crippen LogP contribution in [0.3, 0.4) is 0 Å². The average molecular weight is 327 g/mol. The fourth-order valence-electron chi connectivity index (χ4n) is 2.09. The molecule has 0 radical (unpaired) electrons. The van der Waals surface area contributed by atoms with E-state index in [0.29, 0.717) is 6.54 Å². The van der Waals surface area contributed by atoms with E-state index >= 15 is 0 Å². The van der Waals surface area contributed by atoms with Crippen LogP contribution >= 0.6 is 11.8 Å². The molecular formula is C15H21NO3S2. The highest BCUT2D eigenvalue weighted by Crippen LogP contribution is 2.30. The first-order valence-electron chi connectivity index (χ1n) is 6.82. The third kappa shape index (κ3) is 4.85. The van der Waals surface area contributed by atoms with Crippen LogP contribution in [0.15, 0.2) is 29.7 Å². The molecule has 1 unspecified atom stereocenters. The number of hydrogen-bond donors (Lipinski definition) is 1. The van der Waals surface area contributed by atoms with Crippen molar-refractivity contribution in [2.24, 2.45) is 0 Å². The molecule has 4 nitrogen and oxygen atoms in total. The zero-order chi connectivity index (χ0) is 15.3. The van der Waals surface area contributed by atoms with E-state index in [1.807, 2.05) is 31.2 Å². The Labute approximate surface area is 131 Å². The summed E-state index contributed by atoms with van der Waals surface area (Å²) in [6, 6.07) is 7.70. The number of benzene rings is 1. The highest BCUT2D eigenvalue weighted by atomic mass is 32.2. The molecule has 116 valence electrons. The molecule has 1 aliphatic heterocycles.